The fourth-order valence-corrected chi connectivity index (χ4v) is 4.99. The Morgan fingerprint density at radius 1 is 0.953 bits per heavy atom. The summed E-state index contributed by atoms with van der Waals surface area (Å²) < 4.78 is 5.52. The van der Waals surface area contributed by atoms with E-state index >= 15 is 0 Å². The lowest BCUT2D eigenvalue weighted by atomic mass is 9.95. The maximum Gasteiger partial charge on any atom is 0.408 e. The van der Waals surface area contributed by atoms with Gasteiger partial charge in [-0.25, -0.2) is 4.79 Å². The third-order valence-electron chi connectivity index (χ3n) is 7.62. The number of anilines is 1. The number of unbranched alkanes of at least 4 members (excludes halogenated alkanes) is 4. The number of carbonyl (C=O) groups is 3. The van der Waals surface area contributed by atoms with Crippen molar-refractivity contribution in [2.45, 2.75) is 112 Å². The number of benzene rings is 2. The van der Waals surface area contributed by atoms with Crippen LogP contribution in [0.25, 0.3) is 0 Å². The molecule has 3 unspecified atom stereocenters. The van der Waals surface area contributed by atoms with Crippen molar-refractivity contribution in [3.05, 3.63) is 64.7 Å². The molecule has 7 heteroatoms. The molecule has 43 heavy (non-hydrogen) atoms. The van der Waals surface area contributed by atoms with Gasteiger partial charge in [-0.3, -0.25) is 9.59 Å². The van der Waals surface area contributed by atoms with Crippen molar-refractivity contribution in [1.29, 1.82) is 0 Å². The number of carbonyl (C=O) groups excluding carboxylic acids is 3. The summed E-state index contributed by atoms with van der Waals surface area (Å²) in [7, 11) is 0. The van der Waals surface area contributed by atoms with Gasteiger partial charge in [-0.05, 0) is 75.8 Å². The molecule has 0 aliphatic heterocycles. The number of rotatable bonds is 14. The van der Waals surface area contributed by atoms with Crippen molar-refractivity contribution < 1.29 is 19.1 Å². The molecule has 0 radical (unpaired) electrons. The van der Waals surface area contributed by atoms with E-state index in [0.29, 0.717) is 24.1 Å². The summed E-state index contributed by atoms with van der Waals surface area (Å²) >= 11 is 0. The summed E-state index contributed by atoms with van der Waals surface area (Å²) in [6.07, 6.45) is 10.5. The van der Waals surface area contributed by atoms with Crippen molar-refractivity contribution >= 4 is 23.6 Å². The van der Waals surface area contributed by atoms with Crippen LogP contribution in [0.4, 0.5) is 10.5 Å². The molecule has 2 N–H and O–H groups in total. The van der Waals surface area contributed by atoms with Gasteiger partial charge in [0.25, 0.3) is 5.91 Å². The van der Waals surface area contributed by atoms with Crippen LogP contribution >= 0.6 is 0 Å². The number of amides is 3. The maximum atomic E-state index is 14.5. The van der Waals surface area contributed by atoms with Crippen LogP contribution in [-0.4, -0.2) is 41.0 Å². The van der Waals surface area contributed by atoms with Crippen LogP contribution in [0.2, 0.25) is 0 Å². The molecular weight excluding hydrogens is 538 g/mol. The fourth-order valence-electron chi connectivity index (χ4n) is 4.99. The average Bonchev–Trinajstić information content (AvgIpc) is 2.95. The first-order chi connectivity index (χ1) is 20.3. The van der Waals surface area contributed by atoms with Gasteiger partial charge in [-0.2, -0.15) is 0 Å². The second-order valence-electron chi connectivity index (χ2n) is 12.4. The van der Waals surface area contributed by atoms with Gasteiger partial charge in [0.2, 0.25) is 5.91 Å². The van der Waals surface area contributed by atoms with Crippen LogP contribution < -0.4 is 10.6 Å². The molecule has 0 aromatic heterocycles. The smallest absolute Gasteiger partial charge is 0.408 e. The molecule has 7 nitrogen and oxygen atoms in total. The third-order valence-corrected chi connectivity index (χ3v) is 7.62. The summed E-state index contributed by atoms with van der Waals surface area (Å²) in [4.78, 5) is 43.3. The number of nitrogens with zero attached hydrogens (tertiary/aromatic N) is 1. The zero-order chi connectivity index (χ0) is 32.2. The predicted molar refractivity (Wildman–Crippen MR) is 175 cm³/mol. The summed E-state index contributed by atoms with van der Waals surface area (Å²) in [5.41, 5.74) is 3.17. The number of hydrogen-bond donors (Lipinski definition) is 2. The van der Waals surface area contributed by atoms with Crippen LogP contribution in [0.5, 0.6) is 0 Å². The van der Waals surface area contributed by atoms with E-state index in [1.165, 1.54) is 0 Å². The number of alkyl carbamates (subject to hydrolysis) is 1. The second kappa shape index (κ2) is 16.7. The standard InChI is InChI=1S/C36H51N3O4/c1-10-13-14-15-16-24-39(34(41)31(25(4)11-2)38-35(42)43-36(7,8)9)32(29-22-20-28(12-3)21-23-29)33(40)37-30-26(5)18-17-19-27(30)6/h3,17-23,25,31-32H,10-11,13-16,24H2,1-2,4-9H3,(H,37,40)(H,38,42). The van der Waals surface area contributed by atoms with Crippen LogP contribution in [0, 0.1) is 32.1 Å². The molecular formula is C36H51N3O4. The van der Waals surface area contributed by atoms with E-state index in [-0.39, 0.29) is 17.7 Å². The number of aryl methyl sites for hydroxylation is 2. The minimum absolute atomic E-state index is 0.200. The van der Waals surface area contributed by atoms with Crippen LogP contribution in [0.15, 0.2) is 42.5 Å². The van der Waals surface area contributed by atoms with Crippen molar-refractivity contribution in [3.8, 4) is 12.3 Å². The van der Waals surface area contributed by atoms with E-state index in [1.54, 1.807) is 49.9 Å². The molecule has 0 aliphatic carbocycles. The Hall–Kier alpha value is -3.79. The Labute approximate surface area is 259 Å². The second-order valence-corrected chi connectivity index (χ2v) is 12.4. The predicted octanol–water partition coefficient (Wildman–Crippen LogP) is 7.70. The molecule has 3 atom stereocenters. The molecule has 0 spiro atoms. The van der Waals surface area contributed by atoms with E-state index in [2.05, 4.69) is 23.5 Å². The van der Waals surface area contributed by atoms with Gasteiger partial charge in [0.05, 0.1) is 0 Å². The quantitative estimate of drug-likeness (QED) is 0.175. The highest BCUT2D eigenvalue weighted by molar-refractivity contribution is 6.00. The molecule has 234 valence electrons. The normalized spacial score (nSPS) is 13.3. The van der Waals surface area contributed by atoms with E-state index in [4.69, 9.17) is 11.2 Å². The Morgan fingerprint density at radius 3 is 2.09 bits per heavy atom. The highest BCUT2D eigenvalue weighted by atomic mass is 16.6. The maximum absolute atomic E-state index is 14.5. The van der Waals surface area contributed by atoms with Crippen molar-refractivity contribution in [1.82, 2.24) is 10.2 Å². The lowest BCUT2D eigenvalue weighted by Gasteiger charge is -2.36. The summed E-state index contributed by atoms with van der Waals surface area (Å²) in [6, 6.07) is 11.2. The van der Waals surface area contributed by atoms with Gasteiger partial charge in [-0.15, -0.1) is 6.42 Å². The van der Waals surface area contributed by atoms with Gasteiger partial charge < -0.3 is 20.3 Å². The van der Waals surface area contributed by atoms with E-state index in [9.17, 15) is 14.4 Å². The van der Waals surface area contributed by atoms with Gasteiger partial charge in [0.15, 0.2) is 0 Å². The van der Waals surface area contributed by atoms with Crippen molar-refractivity contribution in [3.63, 3.8) is 0 Å². The highest BCUT2D eigenvalue weighted by Crippen LogP contribution is 2.29. The van der Waals surface area contributed by atoms with Crippen LogP contribution in [-0.2, 0) is 14.3 Å². The first-order valence-electron chi connectivity index (χ1n) is 15.6. The average molecular weight is 590 g/mol. The largest absolute Gasteiger partial charge is 0.444 e. The minimum atomic E-state index is -0.948. The van der Waals surface area contributed by atoms with E-state index in [0.717, 1.165) is 48.9 Å². The number of para-hydroxylation sites is 1. The lowest BCUT2D eigenvalue weighted by molar-refractivity contribution is -0.142. The lowest BCUT2D eigenvalue weighted by Crippen LogP contribution is -2.55. The summed E-state index contributed by atoms with van der Waals surface area (Å²) in [5.74, 6) is 1.77. The topological polar surface area (TPSA) is 87.7 Å². The van der Waals surface area contributed by atoms with E-state index in [1.807, 2.05) is 45.9 Å². The molecule has 2 aromatic rings. The van der Waals surface area contributed by atoms with Crippen molar-refractivity contribution in [2.75, 3.05) is 11.9 Å². The Morgan fingerprint density at radius 2 is 1.56 bits per heavy atom. The SMILES string of the molecule is C#Cc1ccc(C(C(=O)Nc2c(C)cccc2C)N(CCCCCCC)C(=O)C(NC(=O)OC(C)(C)C)C(C)CC)cc1. The van der Waals surface area contributed by atoms with Gasteiger partial charge in [0, 0.05) is 17.8 Å². The Bertz CT molecular complexity index is 1240. The van der Waals surface area contributed by atoms with Crippen molar-refractivity contribution in [2.24, 2.45) is 5.92 Å². The molecule has 2 rings (SSSR count). The number of nitrogens with one attached hydrogen (secondary N) is 2. The Kier molecular flexibility index (Phi) is 13.8. The van der Waals surface area contributed by atoms with Gasteiger partial charge in [0.1, 0.15) is 17.7 Å². The molecule has 0 saturated heterocycles. The number of ether oxygens (including phenoxy) is 1. The molecule has 0 bridgehead atoms. The first kappa shape index (κ1) is 35.4. The molecule has 0 saturated carbocycles. The highest BCUT2D eigenvalue weighted by Gasteiger charge is 2.38. The molecule has 0 heterocycles. The zero-order valence-electron chi connectivity index (χ0n) is 27.4. The van der Waals surface area contributed by atoms with Crippen LogP contribution in [0.1, 0.15) is 108 Å². The van der Waals surface area contributed by atoms with Gasteiger partial charge >= 0.3 is 6.09 Å². The number of hydrogen-bond acceptors (Lipinski definition) is 4. The summed E-state index contributed by atoms with van der Waals surface area (Å²) in [5, 5.41) is 5.96. The fraction of sp³-hybridized carbons (Fsp3) is 0.528. The zero-order valence-corrected chi connectivity index (χ0v) is 27.4. The number of terminal acetylenes is 1. The molecule has 3 amide bonds. The first-order valence-corrected chi connectivity index (χ1v) is 15.6. The third kappa shape index (κ3) is 10.8. The summed E-state index contributed by atoms with van der Waals surface area (Å²) in [6.45, 7) is 15.6. The molecule has 0 fully saturated rings. The minimum Gasteiger partial charge on any atom is -0.444 e. The Balaban J connectivity index is 2.61. The molecule has 2 aromatic carbocycles. The monoisotopic (exact) mass is 589 g/mol. The van der Waals surface area contributed by atoms with Crippen LogP contribution in [0.3, 0.4) is 0 Å². The van der Waals surface area contributed by atoms with Gasteiger partial charge in [-0.1, -0.05) is 89.1 Å². The van der Waals surface area contributed by atoms with E-state index < -0.39 is 23.8 Å². The molecule has 0 aliphatic rings.